The molecule has 0 spiro atoms. The fourth-order valence-corrected chi connectivity index (χ4v) is 1.16. The van der Waals surface area contributed by atoms with Crippen LogP contribution < -0.4 is 5.32 Å². The molecule has 1 aliphatic rings. The van der Waals surface area contributed by atoms with E-state index in [4.69, 9.17) is 0 Å². The van der Waals surface area contributed by atoms with Gasteiger partial charge in [0, 0.05) is 12.6 Å². The van der Waals surface area contributed by atoms with Gasteiger partial charge in [0.2, 0.25) is 0 Å². The molecule has 1 N–H and O–H groups in total. The first-order chi connectivity index (χ1) is 7.67. The van der Waals surface area contributed by atoms with Gasteiger partial charge in [0.1, 0.15) is 0 Å². The lowest BCUT2D eigenvalue weighted by atomic mass is 10.1. The normalized spacial score (nSPS) is 15.9. The zero-order valence-corrected chi connectivity index (χ0v) is 10.0. The summed E-state index contributed by atoms with van der Waals surface area (Å²) < 4.78 is 0. The molecular weight excluding hydrogens is 198 g/mol. The molecule has 0 radical (unpaired) electrons. The molecule has 0 saturated carbocycles. The number of carbonyl (C=O) groups excluding carboxylic acids is 1. The summed E-state index contributed by atoms with van der Waals surface area (Å²) in [6.07, 6.45) is 8.90. The van der Waals surface area contributed by atoms with Gasteiger partial charge in [-0.2, -0.15) is 0 Å². The molecular formula is C14H17NO. The van der Waals surface area contributed by atoms with E-state index in [9.17, 15) is 4.79 Å². The molecule has 1 aliphatic carbocycles. The van der Waals surface area contributed by atoms with E-state index < -0.39 is 0 Å². The van der Waals surface area contributed by atoms with Gasteiger partial charge >= 0.3 is 0 Å². The average Bonchev–Trinajstić information content (AvgIpc) is 2.35. The number of carbonyl (C=O) groups is 1. The summed E-state index contributed by atoms with van der Waals surface area (Å²) >= 11 is 0. The fraction of sp³-hybridized carbons (Fsp3) is 0.357. The first-order valence-electron chi connectivity index (χ1n) is 5.51. The Kier molecular flexibility index (Phi) is 4.60. The molecule has 0 fully saturated rings. The van der Waals surface area contributed by atoms with E-state index in [-0.39, 0.29) is 5.91 Å². The predicted molar refractivity (Wildman–Crippen MR) is 65.9 cm³/mol. The lowest BCUT2D eigenvalue weighted by Crippen LogP contribution is -2.18. The Morgan fingerprint density at radius 3 is 2.75 bits per heavy atom. The summed E-state index contributed by atoms with van der Waals surface area (Å²) in [6.45, 7) is 4.32. The Balaban J connectivity index is 2.84. The molecule has 0 aromatic heterocycles. The molecule has 1 rings (SSSR count). The van der Waals surface area contributed by atoms with Crippen molar-refractivity contribution in [2.75, 3.05) is 7.05 Å². The van der Waals surface area contributed by atoms with Crippen molar-refractivity contribution < 1.29 is 4.79 Å². The minimum atomic E-state index is -0.131. The Labute approximate surface area is 96.7 Å². The van der Waals surface area contributed by atoms with E-state index in [2.05, 4.69) is 36.7 Å². The zero-order valence-electron chi connectivity index (χ0n) is 10.0. The summed E-state index contributed by atoms with van der Waals surface area (Å²) in [7, 11) is 1.60. The molecule has 0 aromatic rings. The third-order valence-corrected chi connectivity index (χ3v) is 2.49. The Morgan fingerprint density at radius 1 is 1.50 bits per heavy atom. The molecule has 2 nitrogen and oxygen atoms in total. The highest BCUT2D eigenvalue weighted by atomic mass is 16.1. The van der Waals surface area contributed by atoms with Gasteiger partial charge in [0.05, 0.1) is 5.57 Å². The van der Waals surface area contributed by atoms with Crippen molar-refractivity contribution in [1.29, 1.82) is 0 Å². The third kappa shape index (κ3) is 3.43. The molecule has 1 atom stereocenters. The molecule has 0 aliphatic heterocycles. The van der Waals surface area contributed by atoms with Gasteiger partial charge in [-0.25, -0.2) is 0 Å². The van der Waals surface area contributed by atoms with E-state index in [0.717, 1.165) is 12.0 Å². The third-order valence-electron chi connectivity index (χ3n) is 2.49. The molecule has 0 heterocycles. The summed E-state index contributed by atoms with van der Waals surface area (Å²) in [6, 6.07) is 0. The minimum absolute atomic E-state index is 0.131. The van der Waals surface area contributed by atoms with Crippen LogP contribution in [0.15, 0.2) is 46.9 Å². The lowest BCUT2D eigenvalue weighted by molar-refractivity contribution is -0.116. The van der Waals surface area contributed by atoms with Crippen molar-refractivity contribution in [3.8, 4) is 0 Å². The van der Waals surface area contributed by atoms with Crippen molar-refractivity contribution in [2.24, 2.45) is 5.92 Å². The maximum atomic E-state index is 11.3. The highest BCUT2D eigenvalue weighted by Gasteiger charge is 2.04. The summed E-state index contributed by atoms with van der Waals surface area (Å²) in [5.41, 5.74) is 7.27. The number of allylic oxidation sites excluding steroid dienone is 4. The number of likely N-dealkylation sites (N-methyl/N-ethyl adjacent to an activating group) is 1. The van der Waals surface area contributed by atoms with Gasteiger partial charge in [0.25, 0.3) is 5.91 Å². The molecule has 2 heteroatoms. The number of amides is 1. The molecule has 0 aromatic carbocycles. The summed E-state index contributed by atoms with van der Waals surface area (Å²) in [4.78, 5) is 11.3. The second-order valence-corrected chi connectivity index (χ2v) is 3.78. The van der Waals surface area contributed by atoms with Gasteiger partial charge in [-0.1, -0.05) is 43.9 Å². The second kappa shape index (κ2) is 5.97. The van der Waals surface area contributed by atoms with Crippen LogP contribution in [0, 0.1) is 5.92 Å². The predicted octanol–water partition coefficient (Wildman–Crippen LogP) is 2.51. The minimum Gasteiger partial charge on any atom is -0.355 e. The van der Waals surface area contributed by atoms with Crippen LogP contribution in [0.3, 0.4) is 0 Å². The molecule has 1 amide bonds. The Bertz CT molecular complexity index is 428. The topological polar surface area (TPSA) is 29.1 Å². The van der Waals surface area contributed by atoms with Crippen molar-refractivity contribution >= 4 is 5.91 Å². The number of hydrogen-bond acceptors (Lipinski definition) is 1. The van der Waals surface area contributed by atoms with E-state index in [1.165, 1.54) is 0 Å². The van der Waals surface area contributed by atoms with Gasteiger partial charge in [0.15, 0.2) is 0 Å². The first kappa shape index (κ1) is 12.3. The second-order valence-electron chi connectivity index (χ2n) is 3.78. The number of nitrogens with one attached hydrogen (secondary N) is 1. The largest absolute Gasteiger partial charge is 0.355 e. The van der Waals surface area contributed by atoms with Crippen LogP contribution in [0.25, 0.3) is 0 Å². The molecule has 0 bridgehead atoms. The van der Waals surface area contributed by atoms with E-state index >= 15 is 0 Å². The van der Waals surface area contributed by atoms with Gasteiger partial charge in [-0.15, -0.1) is 0 Å². The van der Waals surface area contributed by atoms with Crippen LogP contribution in [0.2, 0.25) is 0 Å². The molecule has 84 valence electrons. The standard InChI is InChI=1S/C14H17NO/c1-4-11(2)5-6-12-7-9-13(10-8-12)14(16)15-3/h5-7,9,11H,4H2,1-3H3,(H,15,16). The van der Waals surface area contributed by atoms with Crippen molar-refractivity contribution in [3.63, 3.8) is 0 Å². The number of hydrogen-bond donors (Lipinski definition) is 1. The van der Waals surface area contributed by atoms with Gasteiger partial charge < -0.3 is 5.32 Å². The molecule has 0 saturated heterocycles. The zero-order chi connectivity index (χ0) is 12.0. The number of rotatable bonds is 4. The van der Waals surface area contributed by atoms with E-state index in [1.807, 2.05) is 12.2 Å². The SMILES string of the molecule is CCC(C)C=CC1=C=C=C(C(=O)NC)C=C1. The summed E-state index contributed by atoms with van der Waals surface area (Å²) in [5, 5.41) is 2.55. The van der Waals surface area contributed by atoms with Crippen LogP contribution in [-0.4, -0.2) is 13.0 Å². The monoisotopic (exact) mass is 215 g/mol. The molecule has 16 heavy (non-hydrogen) atoms. The summed E-state index contributed by atoms with van der Waals surface area (Å²) in [5.74, 6) is 0.431. The smallest absolute Gasteiger partial charge is 0.259 e. The van der Waals surface area contributed by atoms with Crippen molar-refractivity contribution in [2.45, 2.75) is 20.3 Å². The quantitative estimate of drug-likeness (QED) is 0.717. The van der Waals surface area contributed by atoms with Crippen LogP contribution in [0.5, 0.6) is 0 Å². The lowest BCUT2D eigenvalue weighted by Gasteiger charge is -2.01. The van der Waals surface area contributed by atoms with Gasteiger partial charge in [-0.05, 0) is 18.1 Å². The van der Waals surface area contributed by atoms with E-state index in [0.29, 0.717) is 11.5 Å². The van der Waals surface area contributed by atoms with Crippen LogP contribution >= 0.6 is 0 Å². The highest BCUT2D eigenvalue weighted by molar-refractivity contribution is 5.96. The fourth-order valence-electron chi connectivity index (χ4n) is 1.16. The molecule has 1 unspecified atom stereocenters. The van der Waals surface area contributed by atoms with Crippen molar-refractivity contribution in [3.05, 3.63) is 46.9 Å². The first-order valence-corrected chi connectivity index (χ1v) is 5.51. The Morgan fingerprint density at radius 2 is 2.25 bits per heavy atom. The van der Waals surface area contributed by atoms with Crippen molar-refractivity contribution in [1.82, 2.24) is 5.32 Å². The maximum Gasteiger partial charge on any atom is 0.259 e. The highest BCUT2D eigenvalue weighted by Crippen LogP contribution is 2.09. The Hall–Kier alpha value is -1.75. The van der Waals surface area contributed by atoms with Crippen LogP contribution in [0.1, 0.15) is 20.3 Å². The maximum absolute atomic E-state index is 11.3. The van der Waals surface area contributed by atoms with Crippen LogP contribution in [0.4, 0.5) is 0 Å². The van der Waals surface area contributed by atoms with Gasteiger partial charge in [-0.3, -0.25) is 4.79 Å². The van der Waals surface area contributed by atoms with E-state index in [1.54, 1.807) is 13.1 Å². The van der Waals surface area contributed by atoms with Crippen LogP contribution in [-0.2, 0) is 4.79 Å². The average molecular weight is 215 g/mol.